The highest BCUT2D eigenvalue weighted by atomic mass is 16.3. The molecule has 0 saturated carbocycles. The zero-order chi connectivity index (χ0) is 30.5. The number of hydrogen-bond acceptors (Lipinski definition) is 3. The molecule has 3 aromatic rings. The molecule has 3 N–H and O–H groups in total. The Morgan fingerprint density at radius 2 is 0.775 bits per heavy atom. The number of benzene rings is 3. The minimum absolute atomic E-state index is 0.0398. The van der Waals surface area contributed by atoms with Crippen molar-refractivity contribution >= 4 is 0 Å². The van der Waals surface area contributed by atoms with Gasteiger partial charge in [-0.05, 0) is 71.6 Å². The van der Waals surface area contributed by atoms with Crippen LogP contribution in [0.4, 0.5) is 0 Å². The van der Waals surface area contributed by atoms with E-state index in [1.54, 1.807) is 0 Å². The Balaban J connectivity index is 2.33. The van der Waals surface area contributed by atoms with Gasteiger partial charge in [-0.15, -0.1) is 0 Å². The highest BCUT2D eigenvalue weighted by molar-refractivity contribution is 5.57. The Bertz CT molecular complexity index is 1320. The number of aryl methyl sites for hydroxylation is 3. The standard InChI is InChI=1S/C37H52O3/c1-21-14-25(32(38)29(17-21)35(5,6)7)24(4)20-26(27-15-22(2)18-30(33(27)39)36(8,9)10)28-16-23(3)19-31(34(28)40)37(11,12)13/h14-19,24,26,38-40H,20H2,1-13H3. The van der Waals surface area contributed by atoms with Crippen LogP contribution in [0, 0.1) is 20.8 Å². The summed E-state index contributed by atoms with van der Waals surface area (Å²) in [7, 11) is 0. The van der Waals surface area contributed by atoms with Gasteiger partial charge in [0, 0.05) is 17.0 Å². The van der Waals surface area contributed by atoms with Gasteiger partial charge < -0.3 is 15.3 Å². The molecule has 0 spiro atoms. The number of aromatic hydroxyl groups is 3. The monoisotopic (exact) mass is 544 g/mol. The normalized spacial score (nSPS) is 13.7. The average Bonchev–Trinajstić information content (AvgIpc) is 2.79. The van der Waals surface area contributed by atoms with Crippen molar-refractivity contribution < 1.29 is 15.3 Å². The van der Waals surface area contributed by atoms with Crippen LogP contribution in [0.15, 0.2) is 36.4 Å². The van der Waals surface area contributed by atoms with Gasteiger partial charge in [-0.1, -0.05) is 122 Å². The lowest BCUT2D eigenvalue weighted by Gasteiger charge is -2.31. The molecular weight excluding hydrogens is 492 g/mol. The molecule has 40 heavy (non-hydrogen) atoms. The summed E-state index contributed by atoms with van der Waals surface area (Å²) in [6, 6.07) is 12.4. The van der Waals surface area contributed by atoms with Crippen molar-refractivity contribution in [2.24, 2.45) is 0 Å². The molecule has 0 aliphatic heterocycles. The van der Waals surface area contributed by atoms with E-state index in [9.17, 15) is 15.3 Å². The van der Waals surface area contributed by atoms with E-state index in [1.165, 1.54) is 0 Å². The van der Waals surface area contributed by atoms with Crippen molar-refractivity contribution in [3.8, 4) is 17.2 Å². The zero-order valence-electron chi connectivity index (χ0n) is 27.2. The van der Waals surface area contributed by atoms with Gasteiger partial charge >= 0.3 is 0 Å². The summed E-state index contributed by atoms with van der Waals surface area (Å²) in [5.41, 5.74) is 7.85. The maximum absolute atomic E-state index is 11.8. The maximum atomic E-state index is 11.8. The number of phenolic OH excluding ortho intramolecular Hbond substituents is 3. The van der Waals surface area contributed by atoms with Crippen molar-refractivity contribution in [3.05, 3.63) is 86.5 Å². The van der Waals surface area contributed by atoms with Gasteiger partial charge in [0.25, 0.3) is 0 Å². The minimum atomic E-state index is -0.282. The highest BCUT2D eigenvalue weighted by Gasteiger charge is 2.32. The van der Waals surface area contributed by atoms with Gasteiger partial charge in [0.15, 0.2) is 0 Å². The molecule has 0 amide bonds. The van der Waals surface area contributed by atoms with Gasteiger partial charge in [0.05, 0.1) is 0 Å². The van der Waals surface area contributed by atoms with Crippen LogP contribution in [0.25, 0.3) is 0 Å². The predicted octanol–water partition coefficient (Wildman–Crippen LogP) is 9.95. The first kappa shape index (κ1) is 31.6. The molecule has 3 rings (SSSR count). The van der Waals surface area contributed by atoms with Crippen molar-refractivity contribution in [3.63, 3.8) is 0 Å². The molecule has 3 nitrogen and oxygen atoms in total. The fourth-order valence-corrected chi connectivity index (χ4v) is 5.94. The summed E-state index contributed by atoms with van der Waals surface area (Å²) in [6.07, 6.45) is 0.613. The third-order valence-corrected chi connectivity index (χ3v) is 8.15. The molecule has 0 saturated heterocycles. The first-order valence-corrected chi connectivity index (χ1v) is 14.6. The summed E-state index contributed by atoms with van der Waals surface area (Å²) in [4.78, 5) is 0. The van der Waals surface area contributed by atoms with Gasteiger partial charge in [0.1, 0.15) is 17.2 Å². The van der Waals surface area contributed by atoms with E-state index in [0.717, 1.165) is 50.1 Å². The Morgan fingerprint density at radius 3 is 1.07 bits per heavy atom. The topological polar surface area (TPSA) is 60.7 Å². The van der Waals surface area contributed by atoms with E-state index in [-0.39, 0.29) is 39.6 Å². The van der Waals surface area contributed by atoms with Crippen LogP contribution in [0.5, 0.6) is 17.2 Å². The van der Waals surface area contributed by atoms with E-state index in [1.807, 2.05) is 0 Å². The number of rotatable bonds is 5. The lowest BCUT2D eigenvalue weighted by atomic mass is 9.74. The van der Waals surface area contributed by atoms with E-state index in [2.05, 4.69) is 126 Å². The molecule has 0 radical (unpaired) electrons. The van der Waals surface area contributed by atoms with Crippen LogP contribution in [0.1, 0.15) is 138 Å². The molecule has 1 atom stereocenters. The summed E-state index contributed by atoms with van der Waals surface area (Å²) in [5.74, 6) is 0.601. The van der Waals surface area contributed by atoms with Gasteiger partial charge in [-0.2, -0.15) is 0 Å². The van der Waals surface area contributed by atoms with Crippen molar-refractivity contribution in [1.82, 2.24) is 0 Å². The smallest absolute Gasteiger partial charge is 0.123 e. The fourth-order valence-electron chi connectivity index (χ4n) is 5.94. The van der Waals surface area contributed by atoms with Crippen LogP contribution >= 0.6 is 0 Å². The second kappa shape index (κ2) is 10.8. The van der Waals surface area contributed by atoms with E-state index in [0.29, 0.717) is 12.2 Å². The Morgan fingerprint density at radius 1 is 0.500 bits per heavy atom. The van der Waals surface area contributed by atoms with Crippen LogP contribution in [0.2, 0.25) is 0 Å². The van der Waals surface area contributed by atoms with Crippen molar-refractivity contribution in [2.75, 3.05) is 0 Å². The molecule has 0 bridgehead atoms. The van der Waals surface area contributed by atoms with E-state index in [4.69, 9.17) is 0 Å². The molecule has 0 aliphatic carbocycles. The van der Waals surface area contributed by atoms with Gasteiger partial charge in [-0.25, -0.2) is 0 Å². The molecule has 3 heteroatoms. The first-order valence-electron chi connectivity index (χ1n) is 14.6. The van der Waals surface area contributed by atoms with Gasteiger partial charge in [0.2, 0.25) is 0 Å². The van der Waals surface area contributed by atoms with E-state index >= 15 is 0 Å². The third kappa shape index (κ3) is 6.51. The second-order valence-electron chi connectivity index (χ2n) is 15.2. The maximum Gasteiger partial charge on any atom is 0.123 e. The fraction of sp³-hybridized carbons (Fsp3) is 0.514. The molecule has 218 valence electrons. The number of phenols is 3. The molecule has 0 fully saturated rings. The Hall–Kier alpha value is -2.94. The largest absolute Gasteiger partial charge is 0.507 e. The summed E-state index contributed by atoms with van der Waals surface area (Å²) < 4.78 is 0. The average molecular weight is 545 g/mol. The lowest BCUT2D eigenvalue weighted by molar-refractivity contribution is 0.417. The van der Waals surface area contributed by atoms with Crippen molar-refractivity contribution in [1.29, 1.82) is 0 Å². The quantitative estimate of drug-likeness (QED) is 0.299. The Labute approximate surface area is 243 Å². The van der Waals surface area contributed by atoms with E-state index < -0.39 is 0 Å². The summed E-state index contributed by atoms with van der Waals surface area (Å²) >= 11 is 0. The zero-order valence-corrected chi connectivity index (χ0v) is 27.2. The third-order valence-electron chi connectivity index (χ3n) is 8.15. The summed E-state index contributed by atoms with van der Waals surface area (Å²) in [5, 5.41) is 35.0. The molecule has 0 aromatic heterocycles. The van der Waals surface area contributed by atoms with Crippen LogP contribution in [0.3, 0.4) is 0 Å². The van der Waals surface area contributed by atoms with Crippen molar-refractivity contribution in [2.45, 2.75) is 125 Å². The minimum Gasteiger partial charge on any atom is -0.507 e. The molecule has 3 aromatic carbocycles. The van der Waals surface area contributed by atoms with Crippen LogP contribution < -0.4 is 0 Å². The molecule has 1 unspecified atom stereocenters. The van der Waals surface area contributed by atoms with Crippen LogP contribution in [-0.2, 0) is 16.2 Å². The van der Waals surface area contributed by atoms with Gasteiger partial charge in [-0.3, -0.25) is 0 Å². The second-order valence-corrected chi connectivity index (χ2v) is 15.2. The number of hydrogen-bond donors (Lipinski definition) is 3. The molecule has 0 aliphatic rings. The highest BCUT2D eigenvalue weighted by Crippen LogP contribution is 2.49. The summed E-state index contributed by atoms with van der Waals surface area (Å²) in [6.45, 7) is 27.4. The first-order chi connectivity index (χ1) is 18.1. The molecular formula is C37H52O3. The van der Waals surface area contributed by atoms with Crippen LogP contribution in [-0.4, -0.2) is 15.3 Å². The SMILES string of the molecule is Cc1cc(C(C)CC(c2cc(C)cc(C(C)(C)C)c2O)c2cc(C)cc(C(C)(C)C)c2O)c(O)c(C(C)(C)C)c1. The Kier molecular flexibility index (Phi) is 8.53. The molecule has 0 heterocycles. The lowest BCUT2D eigenvalue weighted by Crippen LogP contribution is -2.17. The predicted molar refractivity (Wildman–Crippen MR) is 170 cm³/mol.